The van der Waals surface area contributed by atoms with Crippen molar-refractivity contribution in [3.05, 3.63) is 10.7 Å². The third-order valence-electron chi connectivity index (χ3n) is 0.981. The van der Waals surface area contributed by atoms with Gasteiger partial charge < -0.3 is 10.4 Å². The van der Waals surface area contributed by atoms with Gasteiger partial charge in [-0.25, -0.2) is 4.99 Å². The highest BCUT2D eigenvalue weighted by Gasteiger charge is 2.08. The number of nitrogens with one attached hydrogen (secondary N) is 1. The average Bonchev–Trinajstić information content (AvgIpc) is 1.80. The SMILES string of the molecule is CC1N=C(O)C(Br)=CN1. The van der Waals surface area contributed by atoms with E-state index in [0.29, 0.717) is 4.48 Å². The summed E-state index contributed by atoms with van der Waals surface area (Å²) in [5, 5.41) is 11.8. The van der Waals surface area contributed by atoms with Crippen molar-refractivity contribution in [1.82, 2.24) is 5.32 Å². The van der Waals surface area contributed by atoms with Crippen molar-refractivity contribution in [2.45, 2.75) is 13.1 Å². The Kier molecular flexibility index (Phi) is 1.75. The fourth-order valence-electron chi connectivity index (χ4n) is 0.541. The first-order chi connectivity index (χ1) is 4.20. The lowest BCUT2D eigenvalue weighted by atomic mass is 10.4. The van der Waals surface area contributed by atoms with Crippen LogP contribution >= 0.6 is 15.9 Å². The molecule has 1 aliphatic rings. The van der Waals surface area contributed by atoms with Gasteiger partial charge in [-0.05, 0) is 22.9 Å². The highest BCUT2D eigenvalue weighted by molar-refractivity contribution is 9.12. The summed E-state index contributed by atoms with van der Waals surface area (Å²) in [7, 11) is 0. The molecule has 1 atom stereocenters. The lowest BCUT2D eigenvalue weighted by Gasteiger charge is -2.12. The summed E-state index contributed by atoms with van der Waals surface area (Å²) < 4.78 is 0.598. The molecule has 50 valence electrons. The summed E-state index contributed by atoms with van der Waals surface area (Å²) in [4.78, 5) is 3.81. The van der Waals surface area contributed by atoms with E-state index in [1.165, 1.54) is 0 Å². The first-order valence-corrected chi connectivity index (χ1v) is 3.38. The van der Waals surface area contributed by atoms with E-state index in [1.807, 2.05) is 6.92 Å². The molecule has 0 aromatic carbocycles. The summed E-state index contributed by atoms with van der Waals surface area (Å²) in [6, 6.07) is 0. The molecule has 1 unspecified atom stereocenters. The van der Waals surface area contributed by atoms with Crippen molar-refractivity contribution in [3.8, 4) is 0 Å². The molecule has 1 rings (SSSR count). The van der Waals surface area contributed by atoms with E-state index in [9.17, 15) is 0 Å². The Labute approximate surface area is 61.6 Å². The lowest BCUT2D eigenvalue weighted by Crippen LogP contribution is -2.24. The van der Waals surface area contributed by atoms with Gasteiger partial charge in [0.05, 0.1) is 4.48 Å². The van der Waals surface area contributed by atoms with Crippen molar-refractivity contribution in [1.29, 1.82) is 0 Å². The second-order valence-electron chi connectivity index (χ2n) is 1.79. The minimum Gasteiger partial charge on any atom is -0.493 e. The van der Waals surface area contributed by atoms with E-state index in [-0.39, 0.29) is 12.1 Å². The highest BCUT2D eigenvalue weighted by atomic mass is 79.9. The number of nitrogens with zero attached hydrogens (tertiary/aromatic N) is 1. The van der Waals surface area contributed by atoms with Gasteiger partial charge >= 0.3 is 0 Å². The first-order valence-electron chi connectivity index (χ1n) is 2.59. The minimum absolute atomic E-state index is 0.0219. The number of hydrogen-bond donors (Lipinski definition) is 2. The number of aliphatic imine (C=N–C) groups is 1. The van der Waals surface area contributed by atoms with Gasteiger partial charge in [-0.15, -0.1) is 0 Å². The fraction of sp³-hybridized carbons (Fsp3) is 0.400. The van der Waals surface area contributed by atoms with E-state index in [4.69, 9.17) is 5.11 Å². The molecule has 0 spiro atoms. The molecule has 0 aromatic rings. The monoisotopic (exact) mass is 190 g/mol. The second-order valence-corrected chi connectivity index (χ2v) is 2.64. The van der Waals surface area contributed by atoms with Crippen LogP contribution in [0.1, 0.15) is 6.92 Å². The Balaban J connectivity index is 2.75. The molecule has 0 saturated heterocycles. The van der Waals surface area contributed by atoms with Crippen LogP contribution in [0, 0.1) is 0 Å². The fourth-order valence-corrected chi connectivity index (χ4v) is 0.775. The zero-order valence-corrected chi connectivity index (χ0v) is 6.51. The van der Waals surface area contributed by atoms with Crippen LogP contribution in [0.2, 0.25) is 0 Å². The maximum absolute atomic E-state index is 8.94. The molecule has 0 aliphatic carbocycles. The largest absolute Gasteiger partial charge is 0.493 e. The summed E-state index contributed by atoms with van der Waals surface area (Å²) in [6.45, 7) is 1.85. The molecular weight excluding hydrogens is 184 g/mol. The summed E-state index contributed by atoms with van der Waals surface area (Å²) in [5.74, 6) is 0.0567. The van der Waals surface area contributed by atoms with Crippen LogP contribution in [0.3, 0.4) is 0 Å². The molecule has 1 aliphatic heterocycles. The predicted molar refractivity (Wildman–Crippen MR) is 39.7 cm³/mol. The summed E-state index contributed by atoms with van der Waals surface area (Å²) in [5.41, 5.74) is 0. The maximum atomic E-state index is 8.94. The molecule has 2 N–H and O–H groups in total. The smallest absolute Gasteiger partial charge is 0.224 e. The van der Waals surface area contributed by atoms with Crippen LogP contribution in [0.25, 0.3) is 0 Å². The van der Waals surface area contributed by atoms with Crippen LogP contribution in [-0.4, -0.2) is 17.2 Å². The van der Waals surface area contributed by atoms with Crippen LogP contribution in [0.4, 0.5) is 0 Å². The van der Waals surface area contributed by atoms with Crippen LogP contribution < -0.4 is 5.32 Å². The number of hydrogen-bond acceptors (Lipinski definition) is 2. The third-order valence-corrected chi connectivity index (χ3v) is 1.56. The average molecular weight is 191 g/mol. The molecule has 3 nitrogen and oxygen atoms in total. The van der Waals surface area contributed by atoms with Crippen LogP contribution in [0.15, 0.2) is 15.7 Å². The van der Waals surface area contributed by atoms with Crippen LogP contribution in [0.5, 0.6) is 0 Å². The van der Waals surface area contributed by atoms with Crippen molar-refractivity contribution in [2.24, 2.45) is 4.99 Å². The number of rotatable bonds is 0. The van der Waals surface area contributed by atoms with Crippen molar-refractivity contribution in [2.75, 3.05) is 0 Å². The summed E-state index contributed by atoms with van der Waals surface area (Å²) >= 11 is 3.10. The topological polar surface area (TPSA) is 44.6 Å². The van der Waals surface area contributed by atoms with E-state index in [2.05, 4.69) is 26.2 Å². The molecule has 0 amide bonds. The van der Waals surface area contributed by atoms with Gasteiger partial charge in [0.25, 0.3) is 0 Å². The van der Waals surface area contributed by atoms with E-state index in [0.717, 1.165) is 0 Å². The molecule has 1 heterocycles. The highest BCUT2D eigenvalue weighted by Crippen LogP contribution is 2.09. The van der Waals surface area contributed by atoms with Gasteiger partial charge in [-0.2, -0.15) is 0 Å². The molecule has 0 radical (unpaired) electrons. The number of aliphatic hydroxyl groups is 1. The molecule has 0 bridgehead atoms. The minimum atomic E-state index is -0.0219. The molecule has 9 heavy (non-hydrogen) atoms. The summed E-state index contributed by atoms with van der Waals surface area (Å²) in [6.07, 6.45) is 1.65. The van der Waals surface area contributed by atoms with Crippen LogP contribution in [-0.2, 0) is 0 Å². The Bertz CT molecular complexity index is 176. The Morgan fingerprint density at radius 1 is 1.89 bits per heavy atom. The molecular formula is C5H7BrN2O. The normalized spacial score (nSPS) is 26.2. The van der Waals surface area contributed by atoms with E-state index >= 15 is 0 Å². The number of halogens is 1. The second kappa shape index (κ2) is 2.39. The quantitative estimate of drug-likeness (QED) is 0.602. The molecule has 0 fully saturated rings. The van der Waals surface area contributed by atoms with Gasteiger partial charge in [0.15, 0.2) is 0 Å². The van der Waals surface area contributed by atoms with E-state index < -0.39 is 0 Å². The first kappa shape index (κ1) is 6.61. The maximum Gasteiger partial charge on any atom is 0.224 e. The Hall–Kier alpha value is -0.510. The Morgan fingerprint density at radius 3 is 3.00 bits per heavy atom. The Morgan fingerprint density at radius 2 is 2.56 bits per heavy atom. The molecule has 4 heteroatoms. The van der Waals surface area contributed by atoms with Gasteiger partial charge in [0.2, 0.25) is 5.90 Å². The zero-order chi connectivity index (χ0) is 6.85. The third kappa shape index (κ3) is 1.45. The zero-order valence-electron chi connectivity index (χ0n) is 4.93. The molecule has 0 aromatic heterocycles. The van der Waals surface area contributed by atoms with Crippen molar-refractivity contribution < 1.29 is 5.11 Å². The standard InChI is InChI=1S/C5H7BrN2O/c1-3-7-2-4(6)5(9)8-3/h2-3,7H,1H3,(H,8,9). The van der Waals surface area contributed by atoms with Gasteiger partial charge in [-0.1, -0.05) is 0 Å². The molecule has 0 saturated carbocycles. The van der Waals surface area contributed by atoms with Gasteiger partial charge in [0.1, 0.15) is 6.17 Å². The van der Waals surface area contributed by atoms with Gasteiger partial charge in [0, 0.05) is 6.20 Å². The number of aliphatic hydroxyl groups excluding tert-OH is 1. The lowest BCUT2D eigenvalue weighted by molar-refractivity contribution is 0.527. The van der Waals surface area contributed by atoms with Crippen molar-refractivity contribution >= 4 is 21.8 Å². The van der Waals surface area contributed by atoms with Gasteiger partial charge in [-0.3, -0.25) is 0 Å². The van der Waals surface area contributed by atoms with E-state index in [1.54, 1.807) is 6.20 Å². The predicted octanol–water partition coefficient (Wildman–Crippen LogP) is 1.13. The van der Waals surface area contributed by atoms with Crippen molar-refractivity contribution in [3.63, 3.8) is 0 Å².